The Kier molecular flexibility index (Phi) is 10.4. The quantitative estimate of drug-likeness (QED) is 0.372. The number of Topliss-reactive ketones (excluding diaryl/α,β-unsaturated/α-hetero) is 1. The molecule has 0 saturated heterocycles. The maximum absolute atomic E-state index is 14.0. The van der Waals surface area contributed by atoms with Crippen molar-refractivity contribution < 1.29 is 9.59 Å². The molecule has 34 heavy (non-hydrogen) atoms. The first-order valence-corrected chi connectivity index (χ1v) is 12.7. The number of ketones is 1. The molecule has 5 nitrogen and oxygen atoms in total. The van der Waals surface area contributed by atoms with E-state index in [4.69, 9.17) is 28.9 Å². The van der Waals surface area contributed by atoms with Gasteiger partial charge >= 0.3 is 0 Å². The molecule has 0 bridgehead atoms. The summed E-state index contributed by atoms with van der Waals surface area (Å²) >= 11 is 12.5. The Labute approximate surface area is 212 Å². The zero-order chi connectivity index (χ0) is 24.4. The summed E-state index contributed by atoms with van der Waals surface area (Å²) in [5.74, 6) is -0.162. The van der Waals surface area contributed by atoms with Gasteiger partial charge in [-0.1, -0.05) is 59.6 Å². The minimum Gasteiger partial charge on any atom is -0.346 e. The SMILES string of the molecule is NCCC(=O)NC(Cc1ccc(Cl)cc1Cl)C(=O)C1(CNCCc2ccccc2)CC[CH]CC1. The van der Waals surface area contributed by atoms with Crippen LogP contribution in [0.2, 0.25) is 10.0 Å². The Morgan fingerprint density at radius 2 is 1.79 bits per heavy atom. The summed E-state index contributed by atoms with van der Waals surface area (Å²) in [5, 5.41) is 7.50. The van der Waals surface area contributed by atoms with E-state index < -0.39 is 11.5 Å². The fraction of sp³-hybridized carbons (Fsp3) is 0.444. The van der Waals surface area contributed by atoms with Crippen LogP contribution < -0.4 is 16.4 Å². The van der Waals surface area contributed by atoms with Crippen LogP contribution in [0.25, 0.3) is 0 Å². The van der Waals surface area contributed by atoms with Crippen molar-refractivity contribution in [3.05, 3.63) is 76.1 Å². The van der Waals surface area contributed by atoms with Gasteiger partial charge in [-0.3, -0.25) is 9.59 Å². The molecule has 1 atom stereocenters. The molecular formula is C27H34Cl2N3O2. The highest BCUT2D eigenvalue weighted by Gasteiger charge is 2.43. The molecule has 2 aromatic carbocycles. The number of nitrogens with two attached hydrogens (primary N) is 1. The highest BCUT2D eigenvalue weighted by atomic mass is 35.5. The summed E-state index contributed by atoms with van der Waals surface area (Å²) in [7, 11) is 0. The minimum absolute atomic E-state index is 0.0594. The molecule has 183 valence electrons. The molecule has 1 aliphatic carbocycles. The molecule has 3 rings (SSSR count). The summed E-state index contributed by atoms with van der Waals surface area (Å²) in [6.45, 7) is 1.61. The Balaban J connectivity index is 1.76. The highest BCUT2D eigenvalue weighted by molar-refractivity contribution is 6.35. The summed E-state index contributed by atoms with van der Waals surface area (Å²) in [5.41, 5.74) is 7.09. The molecule has 1 fully saturated rings. The van der Waals surface area contributed by atoms with Crippen LogP contribution in [0.5, 0.6) is 0 Å². The molecule has 0 aromatic heterocycles. The van der Waals surface area contributed by atoms with E-state index in [-0.39, 0.29) is 24.7 Å². The third-order valence-corrected chi connectivity index (χ3v) is 7.12. The van der Waals surface area contributed by atoms with Gasteiger partial charge in [0.2, 0.25) is 5.91 Å². The van der Waals surface area contributed by atoms with Crippen LogP contribution >= 0.6 is 23.2 Å². The van der Waals surface area contributed by atoms with Crippen molar-refractivity contribution >= 4 is 34.9 Å². The zero-order valence-corrected chi connectivity index (χ0v) is 21.0. The molecule has 1 saturated carbocycles. The summed E-state index contributed by atoms with van der Waals surface area (Å²) in [6.07, 6.45) is 6.94. The number of hydrogen-bond acceptors (Lipinski definition) is 4. The number of amides is 1. The smallest absolute Gasteiger partial charge is 0.221 e. The third kappa shape index (κ3) is 7.54. The molecule has 0 aliphatic heterocycles. The van der Waals surface area contributed by atoms with E-state index in [0.717, 1.165) is 44.2 Å². The van der Waals surface area contributed by atoms with Gasteiger partial charge in [0, 0.05) is 41.4 Å². The summed E-state index contributed by atoms with van der Waals surface area (Å²) < 4.78 is 0. The molecule has 7 heteroatoms. The lowest BCUT2D eigenvalue weighted by molar-refractivity contribution is -0.135. The van der Waals surface area contributed by atoms with Gasteiger partial charge in [0.15, 0.2) is 5.78 Å². The van der Waals surface area contributed by atoms with Gasteiger partial charge in [-0.25, -0.2) is 0 Å². The average molecular weight is 503 g/mol. The highest BCUT2D eigenvalue weighted by Crippen LogP contribution is 2.38. The topological polar surface area (TPSA) is 84.2 Å². The Morgan fingerprint density at radius 1 is 1.06 bits per heavy atom. The van der Waals surface area contributed by atoms with Crippen molar-refractivity contribution in [1.29, 1.82) is 0 Å². The maximum atomic E-state index is 14.0. The van der Waals surface area contributed by atoms with Crippen molar-refractivity contribution in [3.63, 3.8) is 0 Å². The third-order valence-electron chi connectivity index (χ3n) is 6.54. The van der Waals surface area contributed by atoms with E-state index >= 15 is 0 Å². The number of nitrogens with one attached hydrogen (secondary N) is 2. The lowest BCUT2D eigenvalue weighted by atomic mass is 9.68. The second kappa shape index (κ2) is 13.2. The van der Waals surface area contributed by atoms with Crippen LogP contribution in [0.3, 0.4) is 0 Å². The number of rotatable bonds is 12. The predicted octanol–water partition coefficient (Wildman–Crippen LogP) is 4.54. The Hall–Kier alpha value is -1.92. The number of carbonyl (C=O) groups excluding carboxylic acids is 2. The van der Waals surface area contributed by atoms with E-state index in [9.17, 15) is 9.59 Å². The number of benzene rings is 2. The van der Waals surface area contributed by atoms with Gasteiger partial charge in [-0.2, -0.15) is 0 Å². The summed E-state index contributed by atoms with van der Waals surface area (Å²) in [4.78, 5) is 26.5. The van der Waals surface area contributed by atoms with E-state index in [2.05, 4.69) is 29.2 Å². The Bertz CT molecular complexity index is 946. The van der Waals surface area contributed by atoms with Crippen molar-refractivity contribution in [1.82, 2.24) is 10.6 Å². The fourth-order valence-corrected chi connectivity index (χ4v) is 5.11. The molecule has 4 N–H and O–H groups in total. The molecular weight excluding hydrogens is 469 g/mol. The van der Waals surface area contributed by atoms with E-state index in [1.54, 1.807) is 12.1 Å². The monoisotopic (exact) mass is 502 g/mol. The van der Waals surface area contributed by atoms with Crippen molar-refractivity contribution in [2.24, 2.45) is 11.1 Å². The molecule has 1 unspecified atom stereocenters. The van der Waals surface area contributed by atoms with Gasteiger partial charge in [-0.15, -0.1) is 0 Å². The number of carbonyl (C=O) groups is 2. The van der Waals surface area contributed by atoms with Crippen LogP contribution in [0.15, 0.2) is 48.5 Å². The van der Waals surface area contributed by atoms with E-state index in [1.165, 1.54) is 5.56 Å². The fourth-order valence-electron chi connectivity index (χ4n) is 4.63. The van der Waals surface area contributed by atoms with Gasteiger partial charge < -0.3 is 16.4 Å². The zero-order valence-electron chi connectivity index (χ0n) is 19.5. The first-order valence-electron chi connectivity index (χ1n) is 12.0. The lowest BCUT2D eigenvalue weighted by Crippen LogP contribution is -2.53. The normalized spacial score (nSPS) is 16.1. The second-order valence-electron chi connectivity index (χ2n) is 9.02. The standard InChI is InChI=1S/C27H34Cl2N3O2/c28-22-10-9-21(23(29)18-22)17-24(32-25(33)11-15-30)26(34)27(13-5-2-6-14-27)19-31-16-12-20-7-3-1-4-8-20/h1-4,7-10,18,24,31H,5-6,11-17,19,30H2,(H,32,33). The molecule has 2 aromatic rings. The average Bonchev–Trinajstić information content (AvgIpc) is 2.84. The van der Waals surface area contributed by atoms with Crippen LogP contribution in [0.1, 0.15) is 43.2 Å². The second-order valence-corrected chi connectivity index (χ2v) is 9.87. The van der Waals surface area contributed by atoms with Gasteiger partial charge in [0.1, 0.15) is 0 Å². The molecule has 0 heterocycles. The van der Waals surface area contributed by atoms with Gasteiger partial charge in [0.25, 0.3) is 0 Å². The summed E-state index contributed by atoms with van der Waals surface area (Å²) in [6, 6.07) is 14.9. The van der Waals surface area contributed by atoms with E-state index in [1.807, 2.05) is 24.3 Å². The predicted molar refractivity (Wildman–Crippen MR) is 139 cm³/mol. The Morgan fingerprint density at radius 3 is 2.47 bits per heavy atom. The number of hydrogen-bond donors (Lipinski definition) is 3. The van der Waals surface area contributed by atoms with Crippen LogP contribution in [0, 0.1) is 11.8 Å². The van der Waals surface area contributed by atoms with E-state index in [0.29, 0.717) is 23.0 Å². The first-order chi connectivity index (χ1) is 16.4. The van der Waals surface area contributed by atoms with Crippen LogP contribution in [0.4, 0.5) is 0 Å². The minimum atomic E-state index is -0.674. The van der Waals surface area contributed by atoms with Crippen molar-refractivity contribution in [3.8, 4) is 0 Å². The molecule has 1 aliphatic rings. The van der Waals surface area contributed by atoms with Gasteiger partial charge in [-0.05, 0) is 68.3 Å². The molecule has 1 amide bonds. The van der Waals surface area contributed by atoms with Crippen LogP contribution in [-0.2, 0) is 22.4 Å². The van der Waals surface area contributed by atoms with Crippen molar-refractivity contribution in [2.45, 2.75) is 51.0 Å². The van der Waals surface area contributed by atoms with Gasteiger partial charge in [0.05, 0.1) is 6.04 Å². The number of halogens is 2. The van der Waals surface area contributed by atoms with Crippen LogP contribution in [-0.4, -0.2) is 37.4 Å². The molecule has 1 radical (unpaired) electrons. The maximum Gasteiger partial charge on any atom is 0.221 e. The van der Waals surface area contributed by atoms with Crippen molar-refractivity contribution in [2.75, 3.05) is 19.6 Å². The largest absolute Gasteiger partial charge is 0.346 e. The lowest BCUT2D eigenvalue weighted by Gasteiger charge is -2.39. The first kappa shape index (κ1) is 26.7. The molecule has 0 spiro atoms.